The molecule has 0 saturated heterocycles. The van der Waals surface area contributed by atoms with Gasteiger partial charge in [-0.05, 0) is 37.5 Å². The highest BCUT2D eigenvalue weighted by Crippen LogP contribution is 2.45. The predicted molar refractivity (Wildman–Crippen MR) is 358 cm³/mol. The Morgan fingerprint density at radius 3 is 0.854 bits per heavy atom. The van der Waals surface area contributed by atoms with Crippen molar-refractivity contribution in [1.29, 1.82) is 0 Å². The second-order valence-electron chi connectivity index (χ2n) is 26.0. The van der Waals surface area contributed by atoms with Crippen molar-refractivity contribution in [1.82, 2.24) is 0 Å². The van der Waals surface area contributed by atoms with Crippen LogP contribution in [0.15, 0.2) is 0 Å². The summed E-state index contributed by atoms with van der Waals surface area (Å²) < 4.78 is 68.2. The van der Waals surface area contributed by atoms with E-state index in [0.717, 1.165) is 109 Å². The van der Waals surface area contributed by atoms with Crippen LogP contribution in [0.3, 0.4) is 0 Å². The topological polar surface area (TPSA) is 237 Å². The van der Waals surface area contributed by atoms with Crippen LogP contribution in [-0.2, 0) is 65.4 Å². The van der Waals surface area contributed by atoms with Crippen molar-refractivity contribution in [2.24, 2.45) is 11.8 Å². The molecule has 0 aliphatic carbocycles. The summed E-state index contributed by atoms with van der Waals surface area (Å²) in [5, 5.41) is 10.6. The molecule has 3 unspecified atom stereocenters. The van der Waals surface area contributed by atoms with Gasteiger partial charge in [0.15, 0.2) is 12.2 Å². The minimum absolute atomic E-state index is 0.103. The first kappa shape index (κ1) is 87.1. The van der Waals surface area contributed by atoms with Crippen LogP contribution >= 0.6 is 15.6 Å². The number of ether oxygens (including phenoxy) is 4. The Labute approximate surface area is 543 Å². The van der Waals surface area contributed by atoms with Gasteiger partial charge in [0.25, 0.3) is 0 Å². The zero-order valence-electron chi connectivity index (χ0n) is 57.7. The van der Waals surface area contributed by atoms with Crippen LogP contribution in [0.4, 0.5) is 0 Å². The second kappa shape index (κ2) is 62.2. The minimum Gasteiger partial charge on any atom is -0.462 e. The molecule has 0 aliphatic heterocycles. The number of hydrogen-bond donors (Lipinski definition) is 3. The summed E-state index contributed by atoms with van der Waals surface area (Å²) in [6, 6.07) is 0. The second-order valence-corrected chi connectivity index (χ2v) is 28.9. The largest absolute Gasteiger partial charge is 0.472 e. The number of aliphatic hydroxyl groups excluding tert-OH is 1. The highest BCUT2D eigenvalue weighted by molar-refractivity contribution is 7.47. The molecule has 0 aromatic heterocycles. The van der Waals surface area contributed by atoms with E-state index in [-0.39, 0.29) is 25.7 Å². The van der Waals surface area contributed by atoms with Gasteiger partial charge in [0.1, 0.15) is 19.3 Å². The third kappa shape index (κ3) is 63.2. The predicted octanol–water partition coefficient (Wildman–Crippen LogP) is 20.0. The number of rotatable bonds is 69. The van der Waals surface area contributed by atoms with E-state index in [0.29, 0.717) is 31.6 Å². The van der Waals surface area contributed by atoms with E-state index in [9.17, 15) is 43.2 Å². The number of carbonyl (C=O) groups is 4. The van der Waals surface area contributed by atoms with Crippen LogP contribution in [0.25, 0.3) is 0 Å². The molecular formula is C70H136O17P2. The summed E-state index contributed by atoms with van der Waals surface area (Å²) in [5.74, 6) is -0.625. The third-order valence-electron chi connectivity index (χ3n) is 16.6. The summed E-state index contributed by atoms with van der Waals surface area (Å²) >= 11 is 0. The van der Waals surface area contributed by atoms with E-state index in [2.05, 4.69) is 41.5 Å². The van der Waals surface area contributed by atoms with Crippen LogP contribution in [0, 0.1) is 11.8 Å². The molecule has 0 amide bonds. The van der Waals surface area contributed by atoms with Gasteiger partial charge in [0, 0.05) is 25.7 Å². The first-order valence-electron chi connectivity index (χ1n) is 36.5. The summed E-state index contributed by atoms with van der Waals surface area (Å²) in [4.78, 5) is 72.4. The fourth-order valence-electron chi connectivity index (χ4n) is 10.6. The molecule has 17 nitrogen and oxygen atoms in total. The standard InChI is InChI=1S/C70H136O17P2/c1-7-10-12-14-16-17-18-19-20-21-22-23-24-25-30-36-42-48-54-69(74)86-66(59-81-68(73)53-47-41-35-29-27-26-28-34-39-45-51-63(6)9-3)61-85-89(78,79)83-57-64(71)56-82-88(76,77)84-60-65(58-80-67(72)52-46-40-32-15-13-11-8-2)87-70(75)55-49-43-37-31-33-38-44-50-62(4)5/h62-66,71H,7-61H2,1-6H3,(H,76,77)(H,78,79)/t63?,64-,65+,66+/m0/s1. The van der Waals surface area contributed by atoms with Gasteiger partial charge in [-0.15, -0.1) is 0 Å². The molecule has 0 aliphatic rings. The van der Waals surface area contributed by atoms with Gasteiger partial charge in [-0.25, -0.2) is 9.13 Å². The summed E-state index contributed by atoms with van der Waals surface area (Å²) in [6.07, 6.45) is 47.4. The molecule has 0 aromatic carbocycles. The Morgan fingerprint density at radius 2 is 0.573 bits per heavy atom. The maximum atomic E-state index is 13.0. The summed E-state index contributed by atoms with van der Waals surface area (Å²) in [7, 11) is -9.89. The van der Waals surface area contributed by atoms with E-state index >= 15 is 0 Å². The summed E-state index contributed by atoms with van der Waals surface area (Å²) in [5.41, 5.74) is 0. The molecule has 6 atom stereocenters. The Balaban J connectivity index is 5.19. The normalized spacial score (nSPS) is 14.4. The molecule has 0 radical (unpaired) electrons. The Kier molecular flexibility index (Phi) is 60.8. The molecule has 0 fully saturated rings. The Hall–Kier alpha value is -1.94. The van der Waals surface area contributed by atoms with Gasteiger partial charge in [-0.2, -0.15) is 0 Å². The molecule has 19 heteroatoms. The Morgan fingerprint density at radius 1 is 0.326 bits per heavy atom. The molecule has 3 N–H and O–H groups in total. The number of phosphoric acid groups is 2. The minimum atomic E-state index is -4.95. The lowest BCUT2D eigenvalue weighted by atomic mass is 9.99. The maximum Gasteiger partial charge on any atom is 0.472 e. The van der Waals surface area contributed by atoms with Gasteiger partial charge in [-0.3, -0.25) is 37.3 Å². The maximum absolute atomic E-state index is 13.0. The molecule has 0 saturated carbocycles. The van der Waals surface area contributed by atoms with Crippen molar-refractivity contribution >= 4 is 39.5 Å². The van der Waals surface area contributed by atoms with E-state index in [1.807, 2.05) is 0 Å². The SMILES string of the molecule is CCCCCCCCCCCCCCCCCCCCC(=O)O[C@H](COC(=O)CCCCCCCCCCCCC(C)CC)COP(=O)(O)OC[C@@H](O)COP(=O)(O)OC[C@@H](COC(=O)CCCCCCCCC)OC(=O)CCCCCCCCCC(C)C. The number of esters is 4. The quantitative estimate of drug-likeness (QED) is 0.0222. The number of unbranched alkanes of at least 4 members (excludes halogenated alkanes) is 38. The zero-order valence-corrected chi connectivity index (χ0v) is 59.5. The van der Waals surface area contributed by atoms with Gasteiger partial charge < -0.3 is 33.8 Å². The van der Waals surface area contributed by atoms with Crippen molar-refractivity contribution < 1.29 is 80.2 Å². The van der Waals surface area contributed by atoms with Crippen molar-refractivity contribution in [3.8, 4) is 0 Å². The molecule has 528 valence electrons. The highest BCUT2D eigenvalue weighted by atomic mass is 31.2. The molecule has 0 spiro atoms. The number of carbonyl (C=O) groups excluding carboxylic acids is 4. The molecule has 0 heterocycles. The van der Waals surface area contributed by atoms with Gasteiger partial charge in [0.05, 0.1) is 26.4 Å². The summed E-state index contributed by atoms with van der Waals surface area (Å²) in [6.45, 7) is 9.47. The average molecular weight is 1310 g/mol. The molecular weight excluding hydrogens is 1170 g/mol. The fourth-order valence-corrected chi connectivity index (χ4v) is 12.1. The van der Waals surface area contributed by atoms with Crippen LogP contribution in [0.5, 0.6) is 0 Å². The lowest BCUT2D eigenvalue weighted by Gasteiger charge is -2.21. The van der Waals surface area contributed by atoms with E-state index in [1.165, 1.54) is 161 Å². The zero-order chi connectivity index (χ0) is 65.7. The van der Waals surface area contributed by atoms with E-state index in [1.54, 1.807) is 0 Å². The van der Waals surface area contributed by atoms with Crippen LogP contribution < -0.4 is 0 Å². The Bertz CT molecular complexity index is 1740. The van der Waals surface area contributed by atoms with Crippen molar-refractivity contribution in [2.45, 2.75) is 374 Å². The van der Waals surface area contributed by atoms with Crippen LogP contribution in [0.1, 0.15) is 356 Å². The lowest BCUT2D eigenvalue weighted by Crippen LogP contribution is -2.30. The van der Waals surface area contributed by atoms with Crippen LogP contribution in [-0.4, -0.2) is 96.7 Å². The molecule has 0 bridgehead atoms. The monoisotopic (exact) mass is 1310 g/mol. The first-order chi connectivity index (χ1) is 42.9. The molecule has 0 rings (SSSR count). The van der Waals surface area contributed by atoms with Crippen LogP contribution in [0.2, 0.25) is 0 Å². The lowest BCUT2D eigenvalue weighted by molar-refractivity contribution is -0.161. The van der Waals surface area contributed by atoms with Gasteiger partial charge >= 0.3 is 39.5 Å². The fraction of sp³-hybridized carbons (Fsp3) is 0.943. The van der Waals surface area contributed by atoms with Crippen molar-refractivity contribution in [2.75, 3.05) is 39.6 Å². The van der Waals surface area contributed by atoms with Crippen molar-refractivity contribution in [3.05, 3.63) is 0 Å². The van der Waals surface area contributed by atoms with Crippen molar-refractivity contribution in [3.63, 3.8) is 0 Å². The highest BCUT2D eigenvalue weighted by Gasteiger charge is 2.30. The molecule has 89 heavy (non-hydrogen) atoms. The number of aliphatic hydroxyl groups is 1. The smallest absolute Gasteiger partial charge is 0.462 e. The van der Waals surface area contributed by atoms with E-state index < -0.39 is 97.5 Å². The third-order valence-corrected chi connectivity index (χ3v) is 18.5. The average Bonchev–Trinajstić information content (AvgIpc) is 3.53. The first-order valence-corrected chi connectivity index (χ1v) is 39.5. The number of phosphoric ester groups is 2. The number of hydrogen-bond acceptors (Lipinski definition) is 15. The van der Waals surface area contributed by atoms with E-state index in [4.69, 9.17) is 37.0 Å². The van der Waals surface area contributed by atoms with Gasteiger partial charge in [0.2, 0.25) is 0 Å². The van der Waals surface area contributed by atoms with Gasteiger partial charge in [-0.1, -0.05) is 305 Å². The molecule has 0 aromatic rings.